The highest BCUT2D eigenvalue weighted by atomic mass is 79.9. The van der Waals surface area contributed by atoms with Gasteiger partial charge in [0.2, 0.25) is 0 Å². The van der Waals surface area contributed by atoms with E-state index in [1.54, 1.807) is 20.8 Å². The van der Waals surface area contributed by atoms with Crippen LogP contribution in [-0.4, -0.2) is 42.3 Å². The summed E-state index contributed by atoms with van der Waals surface area (Å²) in [6.45, 7) is 5.16. The van der Waals surface area contributed by atoms with Gasteiger partial charge in [-0.05, 0) is 42.7 Å². The molecular formula is C19H22BrClN2O6S. The molecule has 0 aromatic heterocycles. The van der Waals surface area contributed by atoms with E-state index in [0.29, 0.717) is 10.0 Å². The number of aliphatic hydroxyl groups is 1. The summed E-state index contributed by atoms with van der Waals surface area (Å²) < 4.78 is 28.0. The number of rotatable bonds is 7. The van der Waals surface area contributed by atoms with Crippen molar-refractivity contribution in [2.75, 3.05) is 11.3 Å². The molecule has 2 rings (SSSR count). The fourth-order valence-electron chi connectivity index (χ4n) is 2.50. The van der Waals surface area contributed by atoms with Gasteiger partial charge in [-0.15, -0.1) is 0 Å². The topological polar surface area (TPSA) is 136 Å². The molecule has 0 spiro atoms. The Morgan fingerprint density at radius 2 is 1.80 bits per heavy atom. The van der Waals surface area contributed by atoms with Crippen molar-refractivity contribution in [1.29, 1.82) is 0 Å². The number of hydrogen-bond donors (Lipinski definition) is 5. The van der Waals surface area contributed by atoms with Crippen molar-refractivity contribution in [3.05, 3.63) is 44.9 Å². The molecule has 8 nitrogen and oxygen atoms in total. The average molecular weight is 522 g/mol. The Morgan fingerprint density at radius 1 is 1.17 bits per heavy atom. The van der Waals surface area contributed by atoms with Crippen LogP contribution in [0.15, 0.2) is 33.6 Å². The van der Waals surface area contributed by atoms with Crippen molar-refractivity contribution in [2.24, 2.45) is 5.92 Å². The first-order chi connectivity index (χ1) is 13.8. The minimum Gasteiger partial charge on any atom is -0.505 e. The second kappa shape index (κ2) is 9.42. The number of aliphatic hydroxyl groups excluding tert-OH is 1. The van der Waals surface area contributed by atoms with E-state index in [0.717, 1.165) is 6.07 Å². The molecule has 0 fully saturated rings. The average Bonchev–Trinajstić information content (AvgIpc) is 2.64. The molecule has 0 bridgehead atoms. The van der Waals surface area contributed by atoms with Crippen LogP contribution in [0.1, 0.15) is 29.8 Å². The lowest BCUT2D eigenvalue weighted by Crippen LogP contribution is -2.34. The number of phenolic OH excluding ortho intramolecular Hbond substituents is 2. The van der Waals surface area contributed by atoms with E-state index in [9.17, 15) is 28.5 Å². The Labute approximate surface area is 188 Å². The second-order valence-electron chi connectivity index (χ2n) is 7.07. The van der Waals surface area contributed by atoms with E-state index in [-0.39, 0.29) is 28.7 Å². The van der Waals surface area contributed by atoms with Crippen LogP contribution in [0.5, 0.6) is 11.5 Å². The summed E-state index contributed by atoms with van der Waals surface area (Å²) in [7, 11) is -4.35. The fourth-order valence-corrected chi connectivity index (χ4v) is 4.72. The van der Waals surface area contributed by atoms with Crippen molar-refractivity contribution < 1.29 is 28.5 Å². The maximum Gasteiger partial charge on any atom is 0.265 e. The third kappa shape index (κ3) is 5.57. The third-order valence-corrected chi connectivity index (χ3v) is 6.39. The van der Waals surface area contributed by atoms with Crippen LogP contribution < -0.4 is 10.0 Å². The number of amides is 1. The van der Waals surface area contributed by atoms with Crippen molar-refractivity contribution in [2.45, 2.75) is 31.8 Å². The van der Waals surface area contributed by atoms with Gasteiger partial charge < -0.3 is 20.6 Å². The molecule has 0 aliphatic heterocycles. The number of anilines is 1. The number of aromatic hydroxyl groups is 2. The lowest BCUT2D eigenvalue weighted by atomic mass is 10.1. The smallest absolute Gasteiger partial charge is 0.265 e. The first kappa shape index (κ1) is 24.3. The predicted molar refractivity (Wildman–Crippen MR) is 118 cm³/mol. The molecule has 1 atom stereocenters. The van der Waals surface area contributed by atoms with Gasteiger partial charge in [-0.3, -0.25) is 9.52 Å². The van der Waals surface area contributed by atoms with Crippen LogP contribution >= 0.6 is 27.5 Å². The van der Waals surface area contributed by atoms with Crippen molar-refractivity contribution >= 4 is 49.1 Å². The molecule has 1 amide bonds. The number of nitrogens with one attached hydrogen (secondary N) is 2. The van der Waals surface area contributed by atoms with Gasteiger partial charge in [0.1, 0.15) is 4.90 Å². The SMILES string of the molecule is Cc1cc(NS(=O)(=O)c2cc(Br)cc(Cl)c2O)c(O)c(C(=O)NCC(O)C(C)C)c1. The summed E-state index contributed by atoms with van der Waals surface area (Å²) in [4.78, 5) is 11.9. The van der Waals surface area contributed by atoms with Gasteiger partial charge in [-0.2, -0.15) is 0 Å². The summed E-state index contributed by atoms with van der Waals surface area (Å²) >= 11 is 8.95. The zero-order valence-electron chi connectivity index (χ0n) is 16.4. The Hall–Kier alpha value is -2.01. The number of hydrogen-bond acceptors (Lipinski definition) is 6. The Morgan fingerprint density at radius 3 is 2.40 bits per heavy atom. The molecule has 0 aliphatic carbocycles. The predicted octanol–water partition coefficient (Wildman–Crippen LogP) is 3.37. The van der Waals surface area contributed by atoms with Gasteiger partial charge >= 0.3 is 0 Å². The highest BCUT2D eigenvalue weighted by molar-refractivity contribution is 9.10. The molecule has 30 heavy (non-hydrogen) atoms. The first-order valence-corrected chi connectivity index (χ1v) is 11.5. The molecular weight excluding hydrogens is 500 g/mol. The van der Waals surface area contributed by atoms with Crippen molar-refractivity contribution in [3.8, 4) is 11.5 Å². The number of aryl methyl sites for hydroxylation is 1. The van der Waals surface area contributed by atoms with Gasteiger partial charge in [0.15, 0.2) is 11.5 Å². The molecule has 0 aliphatic rings. The van der Waals surface area contributed by atoms with E-state index in [1.807, 2.05) is 0 Å². The maximum absolute atomic E-state index is 12.8. The molecule has 2 aromatic rings. The monoisotopic (exact) mass is 520 g/mol. The molecule has 0 saturated carbocycles. The lowest BCUT2D eigenvalue weighted by Gasteiger charge is -2.17. The second-order valence-corrected chi connectivity index (χ2v) is 10.0. The summed E-state index contributed by atoms with van der Waals surface area (Å²) in [5, 5.41) is 32.7. The maximum atomic E-state index is 12.8. The Bertz CT molecular complexity index is 1080. The summed E-state index contributed by atoms with van der Waals surface area (Å²) in [5.74, 6) is -2.00. The number of carbonyl (C=O) groups excluding carboxylic acids is 1. The number of benzene rings is 2. The number of phenols is 2. The van der Waals surface area contributed by atoms with Crippen LogP contribution in [0, 0.1) is 12.8 Å². The van der Waals surface area contributed by atoms with Crippen LogP contribution in [0.3, 0.4) is 0 Å². The molecule has 0 saturated heterocycles. The minimum absolute atomic E-state index is 0.0324. The zero-order chi connectivity index (χ0) is 22.8. The normalized spacial score (nSPS) is 12.6. The Kier molecular flexibility index (Phi) is 7.62. The zero-order valence-corrected chi connectivity index (χ0v) is 19.6. The quantitative estimate of drug-likeness (QED) is 0.354. The van der Waals surface area contributed by atoms with Crippen LogP contribution in [0.25, 0.3) is 0 Å². The number of sulfonamides is 1. The van der Waals surface area contributed by atoms with E-state index in [2.05, 4.69) is 26.0 Å². The molecule has 5 N–H and O–H groups in total. The van der Waals surface area contributed by atoms with Gasteiger partial charge in [0, 0.05) is 11.0 Å². The molecule has 2 aromatic carbocycles. The summed E-state index contributed by atoms with van der Waals surface area (Å²) in [6, 6.07) is 5.20. The Balaban J connectivity index is 2.39. The molecule has 11 heteroatoms. The van der Waals surface area contributed by atoms with Crippen LogP contribution in [0.2, 0.25) is 5.02 Å². The molecule has 0 radical (unpaired) electrons. The van der Waals surface area contributed by atoms with E-state index in [1.165, 1.54) is 18.2 Å². The highest BCUT2D eigenvalue weighted by Crippen LogP contribution is 2.37. The minimum atomic E-state index is -4.35. The van der Waals surface area contributed by atoms with Gasteiger partial charge in [-0.1, -0.05) is 41.4 Å². The molecule has 1 unspecified atom stereocenters. The number of halogens is 2. The third-order valence-electron chi connectivity index (χ3n) is 4.27. The van der Waals surface area contributed by atoms with Gasteiger partial charge in [0.25, 0.3) is 15.9 Å². The van der Waals surface area contributed by atoms with Crippen LogP contribution in [0.4, 0.5) is 5.69 Å². The van der Waals surface area contributed by atoms with Gasteiger partial charge in [0.05, 0.1) is 22.4 Å². The summed E-state index contributed by atoms with van der Waals surface area (Å²) in [6.07, 6.45) is -0.775. The van der Waals surface area contributed by atoms with Crippen LogP contribution in [-0.2, 0) is 10.0 Å². The van der Waals surface area contributed by atoms with Gasteiger partial charge in [-0.25, -0.2) is 8.42 Å². The molecule has 164 valence electrons. The molecule has 0 heterocycles. The standard InChI is InChI=1S/C19H22BrClN2O6S/c1-9(2)15(24)8-22-19(27)12-4-10(3)5-14(17(12)25)23-30(28,29)16-7-11(20)6-13(21)18(16)26/h4-7,9,15,23-26H,8H2,1-3H3,(H,22,27). The fraction of sp³-hybridized carbons (Fsp3) is 0.316. The first-order valence-electron chi connectivity index (χ1n) is 8.84. The van der Waals surface area contributed by atoms with Crippen molar-refractivity contribution in [1.82, 2.24) is 5.32 Å². The van der Waals surface area contributed by atoms with E-state index >= 15 is 0 Å². The largest absolute Gasteiger partial charge is 0.505 e. The van der Waals surface area contributed by atoms with Crippen molar-refractivity contribution in [3.63, 3.8) is 0 Å². The number of carbonyl (C=O) groups is 1. The van der Waals surface area contributed by atoms with E-state index in [4.69, 9.17) is 11.6 Å². The van der Waals surface area contributed by atoms with E-state index < -0.39 is 38.4 Å². The lowest BCUT2D eigenvalue weighted by molar-refractivity contribution is 0.0869. The highest BCUT2D eigenvalue weighted by Gasteiger charge is 2.25. The summed E-state index contributed by atoms with van der Waals surface area (Å²) in [5.41, 5.74) is 0.0803.